The third-order valence-corrected chi connectivity index (χ3v) is 0.954. The number of carboxylic acid groups (broad SMARTS) is 1. The van der Waals surface area contributed by atoms with Crippen molar-refractivity contribution in [1.29, 1.82) is 0 Å². The van der Waals surface area contributed by atoms with Crippen LogP contribution in [0.1, 0.15) is 0 Å². The van der Waals surface area contributed by atoms with Crippen molar-refractivity contribution in [1.82, 2.24) is 0 Å². The van der Waals surface area contributed by atoms with Crippen LogP contribution in [0.25, 0.3) is 0 Å². The molecule has 0 amide bonds. The Hall–Kier alpha value is -1.51. The van der Waals surface area contributed by atoms with E-state index in [-0.39, 0.29) is 5.76 Å². The van der Waals surface area contributed by atoms with Gasteiger partial charge >= 0.3 is 5.97 Å². The molecule has 0 unspecified atom stereocenters. The summed E-state index contributed by atoms with van der Waals surface area (Å²) in [5.41, 5.74) is 0. The fraction of sp³-hybridized carbons (Fsp3) is 0. The Morgan fingerprint density at radius 2 is 2.20 bits per heavy atom. The molecule has 1 aliphatic rings. The summed E-state index contributed by atoms with van der Waals surface area (Å²) in [4.78, 5) is 10.2. The van der Waals surface area contributed by atoms with Gasteiger partial charge in [-0.25, -0.2) is 4.79 Å². The molecule has 3 nitrogen and oxygen atoms in total. The quantitative estimate of drug-likeness (QED) is 0.589. The van der Waals surface area contributed by atoms with Crippen LogP contribution in [0.5, 0.6) is 0 Å². The van der Waals surface area contributed by atoms with Crippen molar-refractivity contribution in [2.24, 2.45) is 0 Å². The standard InChI is InChI=1S/C7H6O3/c8-7(9)6-4-2-1-3-5-10-6/h1-5H,(H,8,9). The third kappa shape index (κ3) is 1.48. The first-order valence-corrected chi connectivity index (χ1v) is 2.74. The van der Waals surface area contributed by atoms with Crippen molar-refractivity contribution in [3.63, 3.8) is 0 Å². The summed E-state index contributed by atoms with van der Waals surface area (Å²) in [5.74, 6) is -1.12. The molecular weight excluding hydrogens is 132 g/mol. The van der Waals surface area contributed by atoms with Crippen molar-refractivity contribution in [3.8, 4) is 0 Å². The van der Waals surface area contributed by atoms with E-state index < -0.39 is 5.97 Å². The molecule has 10 heavy (non-hydrogen) atoms. The van der Waals surface area contributed by atoms with E-state index in [0.29, 0.717) is 0 Å². The predicted molar refractivity (Wildman–Crippen MR) is 35.1 cm³/mol. The molecule has 0 spiro atoms. The summed E-state index contributed by atoms with van der Waals surface area (Å²) in [5, 5.41) is 8.40. The average Bonchev–Trinajstić information content (AvgIpc) is 2.12. The van der Waals surface area contributed by atoms with Gasteiger partial charge in [0.25, 0.3) is 0 Å². The van der Waals surface area contributed by atoms with E-state index in [4.69, 9.17) is 5.11 Å². The van der Waals surface area contributed by atoms with E-state index in [9.17, 15) is 4.79 Å². The van der Waals surface area contributed by atoms with E-state index in [1.165, 1.54) is 12.3 Å². The molecular formula is C7H6O3. The van der Waals surface area contributed by atoms with Gasteiger partial charge in [-0.3, -0.25) is 0 Å². The number of carboxylic acids is 1. The highest BCUT2D eigenvalue weighted by atomic mass is 16.5. The van der Waals surface area contributed by atoms with E-state index in [2.05, 4.69) is 4.74 Å². The average molecular weight is 138 g/mol. The van der Waals surface area contributed by atoms with Crippen LogP contribution in [0.2, 0.25) is 0 Å². The Bertz CT molecular complexity index is 223. The van der Waals surface area contributed by atoms with Gasteiger partial charge in [-0.2, -0.15) is 0 Å². The second-order valence-electron chi connectivity index (χ2n) is 1.67. The summed E-state index contributed by atoms with van der Waals surface area (Å²) in [6.45, 7) is 0. The highest BCUT2D eigenvalue weighted by Gasteiger charge is 2.05. The summed E-state index contributed by atoms with van der Waals surface area (Å²) in [6.07, 6.45) is 7.63. The van der Waals surface area contributed by atoms with Crippen LogP contribution in [0.4, 0.5) is 0 Å². The molecule has 1 N–H and O–H groups in total. The molecule has 0 saturated carbocycles. The van der Waals surface area contributed by atoms with Crippen LogP contribution >= 0.6 is 0 Å². The van der Waals surface area contributed by atoms with Crippen molar-refractivity contribution < 1.29 is 14.6 Å². The Kier molecular flexibility index (Phi) is 1.89. The Labute approximate surface area is 57.9 Å². The topological polar surface area (TPSA) is 46.5 Å². The molecule has 1 rings (SSSR count). The monoisotopic (exact) mass is 138 g/mol. The van der Waals surface area contributed by atoms with Crippen molar-refractivity contribution >= 4 is 5.97 Å². The second kappa shape index (κ2) is 2.87. The summed E-state index contributed by atoms with van der Waals surface area (Å²) < 4.78 is 4.68. The van der Waals surface area contributed by atoms with Crippen molar-refractivity contribution in [2.75, 3.05) is 0 Å². The Morgan fingerprint density at radius 1 is 1.40 bits per heavy atom. The van der Waals surface area contributed by atoms with Gasteiger partial charge in [0.1, 0.15) is 0 Å². The second-order valence-corrected chi connectivity index (χ2v) is 1.67. The van der Waals surface area contributed by atoms with E-state index in [0.717, 1.165) is 0 Å². The van der Waals surface area contributed by atoms with Crippen molar-refractivity contribution in [3.05, 3.63) is 36.3 Å². The fourth-order valence-corrected chi connectivity index (χ4v) is 0.526. The van der Waals surface area contributed by atoms with E-state index >= 15 is 0 Å². The van der Waals surface area contributed by atoms with Crippen LogP contribution in [0, 0.1) is 0 Å². The van der Waals surface area contributed by atoms with Gasteiger partial charge in [0.2, 0.25) is 5.76 Å². The summed E-state index contributed by atoms with van der Waals surface area (Å²) in [7, 11) is 0. The van der Waals surface area contributed by atoms with Crippen LogP contribution in [-0.4, -0.2) is 11.1 Å². The molecule has 1 heterocycles. The molecule has 52 valence electrons. The SMILES string of the molecule is O=C(O)C1=CC=CC=CO1. The molecule has 0 radical (unpaired) electrons. The number of rotatable bonds is 1. The maximum atomic E-state index is 10.2. The number of ether oxygens (including phenoxy) is 1. The normalized spacial score (nSPS) is 15.4. The number of hydrogen-bond acceptors (Lipinski definition) is 2. The van der Waals surface area contributed by atoms with Gasteiger partial charge in [0, 0.05) is 0 Å². The zero-order chi connectivity index (χ0) is 7.40. The lowest BCUT2D eigenvalue weighted by Crippen LogP contribution is -2.00. The molecule has 0 aromatic carbocycles. The minimum atomic E-state index is -1.06. The smallest absolute Gasteiger partial charge is 0.371 e. The lowest BCUT2D eigenvalue weighted by Gasteiger charge is -1.95. The van der Waals surface area contributed by atoms with Crippen molar-refractivity contribution in [2.45, 2.75) is 0 Å². The highest BCUT2D eigenvalue weighted by Crippen LogP contribution is 2.02. The molecule has 0 atom stereocenters. The van der Waals surface area contributed by atoms with Crippen LogP contribution in [0.15, 0.2) is 36.3 Å². The van der Waals surface area contributed by atoms with Crippen LogP contribution < -0.4 is 0 Å². The van der Waals surface area contributed by atoms with Gasteiger partial charge in [0.05, 0.1) is 6.26 Å². The lowest BCUT2D eigenvalue weighted by atomic mass is 10.4. The first-order valence-electron chi connectivity index (χ1n) is 2.74. The van der Waals surface area contributed by atoms with Gasteiger partial charge in [0.15, 0.2) is 0 Å². The minimum Gasteiger partial charge on any atom is -0.475 e. The molecule has 0 saturated heterocycles. The first kappa shape index (κ1) is 6.61. The van der Waals surface area contributed by atoms with Gasteiger partial charge in [-0.1, -0.05) is 12.2 Å². The molecule has 0 fully saturated rings. The minimum absolute atomic E-state index is 0.0648. The van der Waals surface area contributed by atoms with Crippen LogP contribution in [-0.2, 0) is 9.53 Å². The van der Waals surface area contributed by atoms with Gasteiger partial charge < -0.3 is 9.84 Å². The molecule has 1 aliphatic heterocycles. The Morgan fingerprint density at radius 3 is 2.90 bits per heavy atom. The number of carbonyl (C=O) groups is 1. The molecule has 0 bridgehead atoms. The summed E-state index contributed by atoms with van der Waals surface area (Å²) in [6, 6.07) is 0. The maximum absolute atomic E-state index is 10.2. The Balaban J connectivity index is 2.78. The first-order chi connectivity index (χ1) is 4.80. The van der Waals surface area contributed by atoms with E-state index in [1.54, 1.807) is 18.2 Å². The molecule has 0 aliphatic carbocycles. The number of allylic oxidation sites excluding steroid dienone is 4. The zero-order valence-corrected chi connectivity index (χ0v) is 5.15. The predicted octanol–water partition coefficient (Wildman–Crippen LogP) is 1.06. The highest BCUT2D eigenvalue weighted by molar-refractivity contribution is 5.84. The molecule has 0 aromatic heterocycles. The number of aliphatic carboxylic acids is 1. The maximum Gasteiger partial charge on any atom is 0.371 e. The van der Waals surface area contributed by atoms with E-state index in [1.807, 2.05) is 0 Å². The summed E-state index contributed by atoms with van der Waals surface area (Å²) >= 11 is 0. The fourth-order valence-electron chi connectivity index (χ4n) is 0.526. The zero-order valence-electron chi connectivity index (χ0n) is 5.15. The number of hydrogen-bond donors (Lipinski definition) is 1. The van der Waals surface area contributed by atoms with Gasteiger partial charge in [-0.15, -0.1) is 0 Å². The largest absolute Gasteiger partial charge is 0.475 e. The molecule has 3 heteroatoms. The van der Waals surface area contributed by atoms with Crippen LogP contribution in [0.3, 0.4) is 0 Å². The third-order valence-electron chi connectivity index (χ3n) is 0.954. The molecule has 0 aromatic rings. The lowest BCUT2D eigenvalue weighted by molar-refractivity contribution is -0.135. The van der Waals surface area contributed by atoms with Gasteiger partial charge in [-0.05, 0) is 12.2 Å².